The molecule has 1 rings (SSSR count). The molecule has 0 aliphatic carbocycles. The minimum Gasteiger partial charge on any atom is -0.379 e. The van der Waals surface area contributed by atoms with Crippen LogP contribution in [0.2, 0.25) is 0 Å². The number of halogens is 1. The van der Waals surface area contributed by atoms with Crippen molar-refractivity contribution < 1.29 is 19.0 Å². The fourth-order valence-electron chi connectivity index (χ4n) is 1.92. The molecule has 0 aromatic rings. The highest BCUT2D eigenvalue weighted by atomic mass is 79.9. The summed E-state index contributed by atoms with van der Waals surface area (Å²) >= 11 is 3.30. The number of rotatable bonds is 12. The largest absolute Gasteiger partial charge is 0.379 e. The molecule has 0 radical (unpaired) electrons. The topological polar surface area (TPSA) is 51.2 Å². The van der Waals surface area contributed by atoms with Gasteiger partial charge in [0.1, 0.15) is 0 Å². The standard InChI is InChI=1S/C13H25BrN2O4/c1-2-18-11-12-20-10-7-16-5-4-15(13(16)17)6-9-19-8-3-14/h2-12H2,1H3. The van der Waals surface area contributed by atoms with E-state index in [0.717, 1.165) is 18.4 Å². The number of urea groups is 1. The van der Waals surface area contributed by atoms with Gasteiger partial charge in [-0.05, 0) is 6.92 Å². The van der Waals surface area contributed by atoms with E-state index in [1.54, 1.807) is 0 Å². The number of alkyl halides is 1. The number of amides is 2. The third kappa shape index (κ3) is 6.88. The highest BCUT2D eigenvalue weighted by Gasteiger charge is 2.27. The van der Waals surface area contributed by atoms with Gasteiger partial charge in [0, 0.05) is 38.1 Å². The molecule has 0 bridgehead atoms. The molecule has 1 saturated heterocycles. The Balaban J connectivity index is 2.05. The second-order valence-corrected chi connectivity index (χ2v) is 5.16. The van der Waals surface area contributed by atoms with Crippen molar-refractivity contribution in [3.63, 3.8) is 0 Å². The van der Waals surface area contributed by atoms with Crippen LogP contribution >= 0.6 is 15.9 Å². The Bertz CT molecular complexity index is 269. The molecule has 7 heteroatoms. The van der Waals surface area contributed by atoms with Crippen molar-refractivity contribution in [3.8, 4) is 0 Å². The molecule has 0 aromatic heterocycles. The molecule has 1 aliphatic heterocycles. The summed E-state index contributed by atoms with van der Waals surface area (Å²) in [5.74, 6) is 0. The first-order chi connectivity index (χ1) is 9.79. The lowest BCUT2D eigenvalue weighted by molar-refractivity contribution is 0.0472. The van der Waals surface area contributed by atoms with Crippen LogP contribution in [0.1, 0.15) is 6.92 Å². The Hall–Kier alpha value is -0.370. The maximum absolute atomic E-state index is 12.0. The van der Waals surface area contributed by atoms with Gasteiger partial charge in [0.15, 0.2) is 0 Å². The molecule has 0 spiro atoms. The Labute approximate surface area is 129 Å². The lowest BCUT2D eigenvalue weighted by Gasteiger charge is -2.18. The van der Waals surface area contributed by atoms with E-state index in [2.05, 4.69) is 15.9 Å². The van der Waals surface area contributed by atoms with Crippen molar-refractivity contribution >= 4 is 22.0 Å². The van der Waals surface area contributed by atoms with Crippen LogP contribution in [0.15, 0.2) is 0 Å². The number of ether oxygens (including phenoxy) is 3. The highest BCUT2D eigenvalue weighted by Crippen LogP contribution is 2.07. The summed E-state index contributed by atoms with van der Waals surface area (Å²) in [7, 11) is 0. The molecule has 0 saturated carbocycles. The second-order valence-electron chi connectivity index (χ2n) is 4.37. The molecule has 1 aliphatic rings. The van der Waals surface area contributed by atoms with E-state index >= 15 is 0 Å². The first-order valence-electron chi connectivity index (χ1n) is 7.12. The fraction of sp³-hybridized carbons (Fsp3) is 0.923. The predicted molar refractivity (Wildman–Crippen MR) is 80.5 cm³/mol. The predicted octanol–water partition coefficient (Wildman–Crippen LogP) is 1.19. The average molecular weight is 353 g/mol. The molecule has 20 heavy (non-hydrogen) atoms. The molecule has 1 fully saturated rings. The van der Waals surface area contributed by atoms with Gasteiger partial charge in [0.2, 0.25) is 0 Å². The van der Waals surface area contributed by atoms with Crippen molar-refractivity contribution in [1.82, 2.24) is 9.80 Å². The SMILES string of the molecule is CCOCCOCCN1CCN(CCOCCBr)C1=O. The Morgan fingerprint density at radius 1 is 0.950 bits per heavy atom. The number of nitrogens with zero attached hydrogens (tertiary/aromatic N) is 2. The van der Waals surface area contributed by atoms with Crippen LogP contribution in [0.3, 0.4) is 0 Å². The summed E-state index contributed by atoms with van der Waals surface area (Å²) in [6.07, 6.45) is 0. The molecule has 0 N–H and O–H groups in total. The van der Waals surface area contributed by atoms with Crippen molar-refractivity contribution in [2.75, 3.05) is 71.2 Å². The van der Waals surface area contributed by atoms with Crippen molar-refractivity contribution in [1.29, 1.82) is 0 Å². The van der Waals surface area contributed by atoms with Crippen LogP contribution in [-0.2, 0) is 14.2 Å². The van der Waals surface area contributed by atoms with Crippen molar-refractivity contribution in [2.45, 2.75) is 6.92 Å². The normalized spacial score (nSPS) is 15.4. The maximum atomic E-state index is 12.0. The van der Waals surface area contributed by atoms with E-state index in [1.807, 2.05) is 16.7 Å². The Kier molecular flexibility index (Phi) is 10.00. The van der Waals surface area contributed by atoms with Gasteiger partial charge >= 0.3 is 6.03 Å². The van der Waals surface area contributed by atoms with Crippen LogP contribution in [0.5, 0.6) is 0 Å². The molecule has 0 unspecified atom stereocenters. The summed E-state index contributed by atoms with van der Waals surface area (Å²) in [4.78, 5) is 15.7. The van der Waals surface area contributed by atoms with Crippen LogP contribution in [0.25, 0.3) is 0 Å². The molecular formula is C13H25BrN2O4. The molecule has 1 heterocycles. The highest BCUT2D eigenvalue weighted by molar-refractivity contribution is 9.09. The molecular weight excluding hydrogens is 328 g/mol. The van der Waals surface area contributed by atoms with Gasteiger partial charge < -0.3 is 24.0 Å². The number of hydrogen-bond donors (Lipinski definition) is 0. The van der Waals surface area contributed by atoms with Crippen LogP contribution in [0.4, 0.5) is 4.79 Å². The number of hydrogen-bond acceptors (Lipinski definition) is 4. The van der Waals surface area contributed by atoms with Gasteiger partial charge in [0.05, 0.1) is 33.0 Å². The molecule has 6 nitrogen and oxygen atoms in total. The third-order valence-corrected chi connectivity index (χ3v) is 3.31. The zero-order valence-electron chi connectivity index (χ0n) is 12.2. The van der Waals surface area contributed by atoms with Gasteiger partial charge in [0.25, 0.3) is 0 Å². The van der Waals surface area contributed by atoms with E-state index in [-0.39, 0.29) is 6.03 Å². The van der Waals surface area contributed by atoms with Crippen molar-refractivity contribution in [2.24, 2.45) is 0 Å². The Morgan fingerprint density at radius 2 is 1.50 bits per heavy atom. The minimum absolute atomic E-state index is 0.0841. The molecule has 0 atom stereocenters. The first-order valence-corrected chi connectivity index (χ1v) is 8.24. The van der Waals surface area contributed by atoms with E-state index < -0.39 is 0 Å². The van der Waals surface area contributed by atoms with E-state index in [9.17, 15) is 4.79 Å². The minimum atomic E-state index is 0.0841. The fourth-order valence-corrected chi connectivity index (χ4v) is 2.15. The first kappa shape index (κ1) is 17.7. The van der Waals surface area contributed by atoms with Crippen LogP contribution in [-0.4, -0.2) is 87.0 Å². The van der Waals surface area contributed by atoms with Gasteiger partial charge in [-0.3, -0.25) is 0 Å². The lowest BCUT2D eigenvalue weighted by atomic mass is 10.5. The monoisotopic (exact) mass is 352 g/mol. The maximum Gasteiger partial charge on any atom is 0.320 e. The van der Waals surface area contributed by atoms with Crippen LogP contribution < -0.4 is 0 Å². The number of carbonyl (C=O) groups excluding carboxylic acids is 1. The molecule has 118 valence electrons. The third-order valence-electron chi connectivity index (χ3n) is 2.99. The van der Waals surface area contributed by atoms with Gasteiger partial charge in [-0.15, -0.1) is 0 Å². The summed E-state index contributed by atoms with van der Waals surface area (Å²) in [6.45, 7) is 8.54. The second kappa shape index (κ2) is 11.3. The van der Waals surface area contributed by atoms with Crippen LogP contribution in [0, 0.1) is 0 Å². The zero-order valence-corrected chi connectivity index (χ0v) is 13.8. The molecule has 2 amide bonds. The van der Waals surface area contributed by atoms with Gasteiger partial charge in [-0.25, -0.2) is 4.79 Å². The summed E-state index contributed by atoms with van der Waals surface area (Å²) in [5, 5.41) is 0.826. The van der Waals surface area contributed by atoms with Gasteiger partial charge in [-0.1, -0.05) is 15.9 Å². The van der Waals surface area contributed by atoms with E-state index in [1.165, 1.54) is 0 Å². The van der Waals surface area contributed by atoms with E-state index in [4.69, 9.17) is 14.2 Å². The summed E-state index contributed by atoms with van der Waals surface area (Å²) in [5.41, 5.74) is 0. The average Bonchev–Trinajstić information content (AvgIpc) is 2.80. The quantitative estimate of drug-likeness (QED) is 0.391. The number of carbonyl (C=O) groups is 1. The smallest absolute Gasteiger partial charge is 0.320 e. The van der Waals surface area contributed by atoms with E-state index in [0.29, 0.717) is 52.7 Å². The summed E-state index contributed by atoms with van der Waals surface area (Å²) in [6, 6.07) is 0.0841. The summed E-state index contributed by atoms with van der Waals surface area (Å²) < 4.78 is 16.0. The van der Waals surface area contributed by atoms with Crippen molar-refractivity contribution in [3.05, 3.63) is 0 Å². The molecule has 0 aromatic carbocycles. The van der Waals surface area contributed by atoms with Gasteiger partial charge in [-0.2, -0.15) is 0 Å². The lowest BCUT2D eigenvalue weighted by Crippen LogP contribution is -2.35. The Morgan fingerprint density at radius 3 is 2.05 bits per heavy atom. The zero-order chi connectivity index (χ0) is 14.6.